The lowest BCUT2D eigenvalue weighted by molar-refractivity contribution is 1.00. The second-order valence-corrected chi connectivity index (χ2v) is 36.8. The molecule has 0 atom stereocenters. The van der Waals surface area contributed by atoms with Crippen molar-refractivity contribution >= 4 is 86.7 Å². The monoisotopic (exact) mass is 1910 g/mol. The van der Waals surface area contributed by atoms with E-state index in [9.17, 15) is 0 Å². The maximum Gasteiger partial charge on any atom is 0.182 e. The Morgan fingerprint density at radius 2 is 0.490 bits per heavy atom. The zero-order valence-electron chi connectivity index (χ0n) is 80.2. The van der Waals surface area contributed by atoms with Gasteiger partial charge < -0.3 is 0 Å². The van der Waals surface area contributed by atoms with Gasteiger partial charge in [-0.15, -0.1) is 6.42 Å². The molecule has 0 radical (unpaired) electrons. The van der Waals surface area contributed by atoms with E-state index in [1.807, 2.05) is 133 Å². The van der Waals surface area contributed by atoms with Gasteiger partial charge >= 0.3 is 0 Å². The van der Waals surface area contributed by atoms with Crippen LogP contribution in [0, 0.1) is 19.3 Å². The topological polar surface area (TPSA) is 113 Å². The number of rotatable bonds is 16. The third kappa shape index (κ3) is 18.3. The number of aryl methyl sites for hydroxylation is 1. The molecule has 0 aliphatic rings. The molecule has 21 aromatic carbocycles. The Labute approximate surface area is 865 Å². The fourth-order valence-corrected chi connectivity index (χ4v) is 20.8. The summed E-state index contributed by atoms with van der Waals surface area (Å²) in [6, 6.07) is 183. The minimum atomic E-state index is 0. The van der Waals surface area contributed by atoms with Crippen molar-refractivity contribution < 1.29 is 0 Å². The van der Waals surface area contributed by atoms with Gasteiger partial charge in [0.25, 0.3) is 0 Å². The first-order valence-electron chi connectivity index (χ1n) is 49.4. The Morgan fingerprint density at radius 1 is 0.188 bits per heavy atom. The van der Waals surface area contributed by atoms with Gasteiger partial charge in [-0.2, -0.15) is 0 Å². The summed E-state index contributed by atoms with van der Waals surface area (Å²) in [5, 5.41) is 15.0. The SMILES string of the molecule is C.C.C#Cc1ccc2c(c1)nc(-c1cccc(-c3c4ccccc4c(-c4ccc5ccccc5c4)c4ccccc34)c1)n2-c1ccccc1.Cc1nc2ccccc2n1-c1ccc(-c2c3ccccc3c(-c3ccc4ccccc4c3)c3ccccc23)cc1.c1ccc(-c2cc(-c3ccccc3)nc(-c3nc(-c4cc(-c5ccccc5)cc(-c5ccccc5)n4)nc(-c4cc(-c5ccccc5)cc(-c5ccccc5)n4)n3)c2)cc1. The molecular formula is C139H98N10. The third-order valence-electron chi connectivity index (χ3n) is 27.7. The van der Waals surface area contributed by atoms with Gasteiger partial charge in [0.1, 0.15) is 28.7 Å². The summed E-state index contributed by atoms with van der Waals surface area (Å²) in [5.74, 6) is 5.86. The molecule has 704 valence electrons. The Hall–Kier alpha value is -19.9. The molecule has 0 saturated heterocycles. The second kappa shape index (κ2) is 40.9. The van der Waals surface area contributed by atoms with Crippen LogP contribution in [0.15, 0.2) is 522 Å². The highest BCUT2D eigenvalue weighted by atomic mass is 15.1. The van der Waals surface area contributed by atoms with Gasteiger partial charge in [0, 0.05) is 39.2 Å². The van der Waals surface area contributed by atoms with Crippen molar-refractivity contribution in [2.45, 2.75) is 21.8 Å². The number of para-hydroxylation sites is 3. The third-order valence-corrected chi connectivity index (χ3v) is 27.7. The van der Waals surface area contributed by atoms with Crippen LogP contribution in [-0.2, 0) is 0 Å². The minimum Gasteiger partial charge on any atom is -0.297 e. The second-order valence-electron chi connectivity index (χ2n) is 36.8. The molecule has 0 bridgehead atoms. The summed E-state index contributed by atoms with van der Waals surface area (Å²) in [4.78, 5) is 41.3. The largest absolute Gasteiger partial charge is 0.297 e. The summed E-state index contributed by atoms with van der Waals surface area (Å²) in [5.41, 5.74) is 31.3. The zero-order valence-corrected chi connectivity index (χ0v) is 80.2. The Bertz CT molecular complexity index is 9100. The van der Waals surface area contributed by atoms with Crippen molar-refractivity contribution in [3.05, 3.63) is 533 Å². The molecule has 6 aromatic heterocycles. The summed E-state index contributed by atoms with van der Waals surface area (Å²) in [7, 11) is 0. The number of hydrogen-bond acceptors (Lipinski definition) is 8. The van der Waals surface area contributed by atoms with Gasteiger partial charge in [0.2, 0.25) is 0 Å². The molecule has 0 N–H and O–H groups in total. The molecule has 0 fully saturated rings. The molecule has 0 aliphatic heterocycles. The summed E-state index contributed by atoms with van der Waals surface area (Å²) in [6.07, 6.45) is 5.77. The molecule has 0 unspecified atom stereocenters. The summed E-state index contributed by atoms with van der Waals surface area (Å²) in [6.45, 7) is 2.07. The predicted octanol–water partition coefficient (Wildman–Crippen LogP) is 35.9. The quantitative estimate of drug-likeness (QED) is 0.0694. The highest BCUT2D eigenvalue weighted by Gasteiger charge is 2.26. The van der Waals surface area contributed by atoms with Gasteiger partial charge in [-0.1, -0.05) is 433 Å². The average molecular weight is 1910 g/mol. The van der Waals surface area contributed by atoms with Crippen molar-refractivity contribution in [1.29, 1.82) is 0 Å². The van der Waals surface area contributed by atoms with Crippen LogP contribution < -0.4 is 0 Å². The maximum absolute atomic E-state index is 5.77. The fourth-order valence-electron chi connectivity index (χ4n) is 20.8. The molecule has 27 rings (SSSR count). The summed E-state index contributed by atoms with van der Waals surface area (Å²) < 4.78 is 4.46. The van der Waals surface area contributed by atoms with Crippen molar-refractivity contribution in [2.75, 3.05) is 0 Å². The predicted molar refractivity (Wildman–Crippen MR) is 623 cm³/mol. The zero-order chi connectivity index (χ0) is 98.0. The molecule has 0 saturated carbocycles. The van der Waals surface area contributed by atoms with E-state index in [4.69, 9.17) is 46.3 Å². The lowest BCUT2D eigenvalue weighted by Crippen LogP contribution is -2.05. The first kappa shape index (κ1) is 92.8. The highest BCUT2D eigenvalue weighted by Crippen LogP contribution is 2.49. The Balaban J connectivity index is 0.000000124. The van der Waals surface area contributed by atoms with Crippen LogP contribution in [0.5, 0.6) is 0 Å². The van der Waals surface area contributed by atoms with E-state index in [1.54, 1.807) is 0 Å². The lowest BCUT2D eigenvalue weighted by Gasteiger charge is -2.18. The standard InChI is InChI=1S/C54H36N6.C45H28N2.C38H26N2.2CH4/c1-7-19-37(20-8-1)43-31-46(40-25-13-4-14-26-40)55-49(34-43)52-58-53(50-35-44(38-21-9-2-10-22-38)32-47(56-50)41-27-15-5-16-28-41)60-54(59-52)51-36-45(39-23-11-3-12-24-39)33-48(57-51)42-29-17-6-18-30-42;1-2-30-23-26-42-41(27-30)46-45(47(42)36-17-4-3-5-18-36)35-16-12-15-33(29-35)43-37-19-8-10-21-39(37)44(40-22-11-9-20-38(40)43)34-25-24-31-13-6-7-14-32(31)28-34;1-25-39-35-16-8-9-17-36(35)40(25)30-22-20-27(21-23-30)37-31-12-4-6-14-33(31)38(34-15-7-5-13-32(34)37)29-19-18-26-10-2-3-11-28(26)24-29;;/h1-36H;1,3-29H;2-24H,1H3;2*1H4. The van der Waals surface area contributed by atoms with E-state index >= 15 is 0 Å². The number of imidazole rings is 2. The molecule has 0 amide bonds. The van der Waals surface area contributed by atoms with Gasteiger partial charge in [0.15, 0.2) is 17.5 Å². The number of hydrogen-bond donors (Lipinski definition) is 0. The van der Waals surface area contributed by atoms with E-state index < -0.39 is 0 Å². The van der Waals surface area contributed by atoms with Crippen molar-refractivity contribution in [1.82, 2.24) is 49.0 Å². The molecule has 10 heteroatoms. The number of pyridine rings is 3. The number of fused-ring (bicyclic) bond motifs is 8. The molecule has 6 heterocycles. The van der Waals surface area contributed by atoms with Crippen LogP contribution in [0.3, 0.4) is 0 Å². The average Bonchev–Trinajstić information content (AvgIpc) is 0.883. The number of benzene rings is 21. The number of terminal acetylenes is 1. The van der Waals surface area contributed by atoms with Crippen LogP contribution in [0.2, 0.25) is 0 Å². The molecular weight excluding hydrogens is 1810 g/mol. The van der Waals surface area contributed by atoms with E-state index in [0.717, 1.165) is 129 Å². The highest BCUT2D eigenvalue weighted by molar-refractivity contribution is 6.23. The van der Waals surface area contributed by atoms with Gasteiger partial charge in [-0.25, -0.2) is 39.9 Å². The van der Waals surface area contributed by atoms with Crippen LogP contribution >= 0.6 is 0 Å². The first-order chi connectivity index (χ1) is 72.7. The Morgan fingerprint density at radius 3 is 0.886 bits per heavy atom. The maximum atomic E-state index is 5.77. The minimum absolute atomic E-state index is 0. The van der Waals surface area contributed by atoms with Crippen molar-refractivity contribution in [3.63, 3.8) is 0 Å². The van der Waals surface area contributed by atoms with Crippen LogP contribution in [-0.4, -0.2) is 49.0 Å². The first-order valence-corrected chi connectivity index (χ1v) is 49.4. The van der Waals surface area contributed by atoms with Crippen molar-refractivity contribution in [2.24, 2.45) is 0 Å². The van der Waals surface area contributed by atoms with E-state index in [1.165, 1.54) is 104 Å². The summed E-state index contributed by atoms with van der Waals surface area (Å²) >= 11 is 0. The molecule has 0 aliphatic carbocycles. The number of aromatic nitrogens is 10. The smallest absolute Gasteiger partial charge is 0.182 e. The fraction of sp³-hybridized carbons (Fsp3) is 0.0216. The molecule has 149 heavy (non-hydrogen) atoms. The van der Waals surface area contributed by atoms with E-state index in [0.29, 0.717) is 34.6 Å². The van der Waals surface area contributed by atoms with Crippen molar-refractivity contribution in [3.8, 4) is 181 Å². The van der Waals surface area contributed by atoms with E-state index in [-0.39, 0.29) is 14.9 Å². The number of nitrogens with zero attached hydrogens (tertiary/aromatic N) is 10. The molecule has 0 spiro atoms. The van der Waals surface area contributed by atoms with Crippen LogP contribution in [0.25, 0.3) is 256 Å². The van der Waals surface area contributed by atoms with Crippen LogP contribution in [0.1, 0.15) is 26.2 Å². The molecule has 27 aromatic rings. The Kier molecular flexibility index (Phi) is 25.5. The normalized spacial score (nSPS) is 11.1. The van der Waals surface area contributed by atoms with Gasteiger partial charge in [0.05, 0.1) is 39.1 Å². The van der Waals surface area contributed by atoms with Crippen LogP contribution in [0.4, 0.5) is 0 Å². The van der Waals surface area contributed by atoms with Gasteiger partial charge in [-0.05, 0) is 259 Å². The van der Waals surface area contributed by atoms with Gasteiger partial charge in [-0.3, -0.25) is 9.13 Å². The van der Waals surface area contributed by atoms with E-state index in [2.05, 4.69) is 410 Å². The molecule has 10 nitrogen and oxygen atoms in total. The lowest BCUT2D eigenvalue weighted by atomic mass is 9.85.